The summed E-state index contributed by atoms with van der Waals surface area (Å²) in [5, 5.41) is 0. The minimum Gasteiger partial charge on any atom is -0.310 e. The first-order valence-electron chi connectivity index (χ1n) is 22.5. The van der Waals surface area contributed by atoms with E-state index in [0.29, 0.717) is 11.8 Å². The summed E-state index contributed by atoms with van der Waals surface area (Å²) >= 11 is 0. The van der Waals surface area contributed by atoms with Crippen LogP contribution in [-0.4, -0.2) is 0 Å². The molecule has 4 aliphatic carbocycles. The van der Waals surface area contributed by atoms with Gasteiger partial charge < -0.3 is 4.90 Å². The lowest BCUT2D eigenvalue weighted by Gasteiger charge is -2.33. The van der Waals surface area contributed by atoms with Gasteiger partial charge in [0.1, 0.15) is 0 Å². The Balaban J connectivity index is 1.10. The van der Waals surface area contributed by atoms with Crippen LogP contribution in [0.5, 0.6) is 0 Å². The molecule has 4 aliphatic rings. The number of anilines is 3. The second-order valence-electron chi connectivity index (χ2n) is 18.7. The molecule has 2 bridgehead atoms. The lowest BCUT2D eigenvalue weighted by Crippen LogP contribution is -2.19. The van der Waals surface area contributed by atoms with Crippen molar-refractivity contribution < 1.29 is 0 Å². The lowest BCUT2D eigenvalue weighted by atomic mass is 9.77. The van der Waals surface area contributed by atoms with Crippen molar-refractivity contribution in [2.75, 3.05) is 4.90 Å². The molecule has 7 aromatic rings. The second kappa shape index (κ2) is 14.9. The number of hydrogen-bond acceptors (Lipinski definition) is 1. The SMILES string of the molecule is CC1(C)c2ccccc2-c2ccc(N(c3ccc(-c4cccc(C5CCCCC5)c4)cc3)c3ccc(C4CC5CCC4C5)cc3)c(-c3ccccc3-c3ccccc3)c21. The highest BCUT2D eigenvalue weighted by Gasteiger charge is 2.41. The van der Waals surface area contributed by atoms with E-state index in [1.165, 1.54) is 142 Å². The van der Waals surface area contributed by atoms with Gasteiger partial charge in [-0.2, -0.15) is 0 Å². The molecule has 0 saturated heterocycles. The summed E-state index contributed by atoms with van der Waals surface area (Å²) in [4.78, 5) is 2.56. The van der Waals surface area contributed by atoms with E-state index in [4.69, 9.17) is 0 Å². The number of benzene rings is 7. The van der Waals surface area contributed by atoms with E-state index in [-0.39, 0.29) is 5.41 Å². The number of hydrogen-bond donors (Lipinski definition) is 0. The monoisotopic (exact) mass is 765 g/mol. The van der Waals surface area contributed by atoms with Crippen LogP contribution in [0.1, 0.15) is 106 Å². The van der Waals surface area contributed by atoms with Gasteiger partial charge in [0, 0.05) is 22.4 Å². The van der Waals surface area contributed by atoms with Gasteiger partial charge in [-0.15, -0.1) is 0 Å². The Bertz CT molecular complexity index is 2630. The van der Waals surface area contributed by atoms with Crippen molar-refractivity contribution in [1.82, 2.24) is 0 Å². The number of fused-ring (bicyclic) bond motifs is 5. The highest BCUT2D eigenvalue weighted by Crippen LogP contribution is 2.58. The van der Waals surface area contributed by atoms with E-state index in [1.807, 2.05) is 0 Å². The van der Waals surface area contributed by atoms with Gasteiger partial charge in [0.05, 0.1) is 5.69 Å². The second-order valence-corrected chi connectivity index (χ2v) is 18.7. The quantitative estimate of drug-likeness (QED) is 0.149. The van der Waals surface area contributed by atoms with E-state index >= 15 is 0 Å². The molecule has 0 aromatic heterocycles. The van der Waals surface area contributed by atoms with Crippen LogP contribution >= 0.6 is 0 Å². The molecule has 292 valence electrons. The number of rotatable bonds is 8. The Labute approximate surface area is 351 Å². The molecule has 3 atom stereocenters. The normalized spacial score (nSPS) is 20.3. The zero-order valence-electron chi connectivity index (χ0n) is 34.7. The molecule has 3 fully saturated rings. The van der Waals surface area contributed by atoms with Crippen molar-refractivity contribution in [2.45, 2.75) is 88.9 Å². The van der Waals surface area contributed by atoms with Crippen molar-refractivity contribution in [2.24, 2.45) is 11.8 Å². The zero-order valence-corrected chi connectivity index (χ0v) is 34.7. The Morgan fingerprint density at radius 3 is 1.88 bits per heavy atom. The largest absolute Gasteiger partial charge is 0.310 e. The predicted octanol–water partition coefficient (Wildman–Crippen LogP) is 16.4. The molecule has 0 aliphatic heterocycles. The van der Waals surface area contributed by atoms with Crippen molar-refractivity contribution in [3.63, 3.8) is 0 Å². The van der Waals surface area contributed by atoms with Gasteiger partial charge in [-0.05, 0) is 147 Å². The van der Waals surface area contributed by atoms with Gasteiger partial charge in [-0.1, -0.05) is 173 Å². The molecule has 11 rings (SSSR count). The van der Waals surface area contributed by atoms with Crippen LogP contribution in [0, 0.1) is 11.8 Å². The number of nitrogens with zero attached hydrogens (tertiary/aromatic N) is 1. The Morgan fingerprint density at radius 1 is 0.475 bits per heavy atom. The molecule has 0 spiro atoms. The molecule has 0 N–H and O–H groups in total. The first kappa shape index (κ1) is 36.4. The van der Waals surface area contributed by atoms with Crippen molar-refractivity contribution in [3.8, 4) is 44.5 Å². The van der Waals surface area contributed by atoms with Gasteiger partial charge in [-0.25, -0.2) is 0 Å². The lowest BCUT2D eigenvalue weighted by molar-refractivity contribution is 0.420. The zero-order chi connectivity index (χ0) is 39.5. The fourth-order valence-corrected chi connectivity index (χ4v) is 12.1. The molecular formula is C58H55N. The van der Waals surface area contributed by atoms with Crippen molar-refractivity contribution in [3.05, 3.63) is 186 Å². The van der Waals surface area contributed by atoms with Crippen LogP contribution in [0.2, 0.25) is 0 Å². The summed E-state index contributed by atoms with van der Waals surface area (Å²) in [5.74, 6) is 3.17. The van der Waals surface area contributed by atoms with E-state index in [2.05, 4.69) is 183 Å². The fourth-order valence-electron chi connectivity index (χ4n) is 12.1. The summed E-state index contributed by atoms with van der Waals surface area (Å²) in [6.07, 6.45) is 12.3. The van der Waals surface area contributed by atoms with E-state index in [9.17, 15) is 0 Å². The molecule has 59 heavy (non-hydrogen) atoms. The third kappa shape index (κ3) is 6.37. The van der Waals surface area contributed by atoms with Gasteiger partial charge in [0.2, 0.25) is 0 Å². The van der Waals surface area contributed by atoms with Crippen LogP contribution in [0.4, 0.5) is 17.1 Å². The summed E-state index contributed by atoms with van der Waals surface area (Å²) in [6.45, 7) is 4.86. The van der Waals surface area contributed by atoms with Crippen LogP contribution in [-0.2, 0) is 5.41 Å². The molecule has 0 heterocycles. The summed E-state index contributed by atoms with van der Waals surface area (Å²) in [5.41, 5.74) is 19.6. The molecule has 3 unspecified atom stereocenters. The van der Waals surface area contributed by atoms with Gasteiger partial charge in [0.25, 0.3) is 0 Å². The average molecular weight is 766 g/mol. The first-order valence-corrected chi connectivity index (χ1v) is 22.5. The third-order valence-corrected chi connectivity index (χ3v) is 15.0. The highest BCUT2D eigenvalue weighted by molar-refractivity contribution is 6.01. The van der Waals surface area contributed by atoms with Gasteiger partial charge in [-0.3, -0.25) is 0 Å². The van der Waals surface area contributed by atoms with Crippen molar-refractivity contribution >= 4 is 17.1 Å². The molecule has 1 nitrogen and oxygen atoms in total. The standard InChI is InChI=1S/C58H55N/c1-58(2)54-23-12-11-21-50(54)52-34-35-55(56(57(52)58)51-22-10-9-20-49(51)42-16-7-4-8-17-42)59(48-32-28-43(29-33-48)53-37-39-24-25-46(53)36-39)47-30-26-41(27-31-47)45-19-13-18-44(38-45)40-14-5-3-6-15-40/h4,7-13,16-23,26-35,38-40,46,53H,3,5-6,14-15,24-25,36-37H2,1-2H3. The predicted molar refractivity (Wildman–Crippen MR) is 249 cm³/mol. The fraction of sp³-hybridized carbons (Fsp3) is 0.276. The topological polar surface area (TPSA) is 3.24 Å². The van der Waals surface area contributed by atoms with E-state index < -0.39 is 0 Å². The van der Waals surface area contributed by atoms with Gasteiger partial charge >= 0.3 is 0 Å². The summed E-state index contributed by atoms with van der Waals surface area (Å²) < 4.78 is 0. The highest BCUT2D eigenvalue weighted by atomic mass is 15.1. The van der Waals surface area contributed by atoms with Gasteiger partial charge in [0.15, 0.2) is 0 Å². The Kier molecular flexibility index (Phi) is 9.18. The molecular weight excluding hydrogens is 711 g/mol. The summed E-state index contributed by atoms with van der Waals surface area (Å²) in [6, 6.07) is 62.6. The van der Waals surface area contributed by atoms with Crippen LogP contribution in [0.25, 0.3) is 44.5 Å². The molecule has 0 amide bonds. The maximum Gasteiger partial charge on any atom is 0.0543 e. The molecule has 1 heteroatoms. The molecule has 7 aromatic carbocycles. The first-order chi connectivity index (χ1) is 29.0. The minimum atomic E-state index is -0.203. The van der Waals surface area contributed by atoms with Crippen LogP contribution < -0.4 is 4.90 Å². The van der Waals surface area contributed by atoms with Crippen LogP contribution in [0.15, 0.2) is 164 Å². The van der Waals surface area contributed by atoms with Crippen LogP contribution in [0.3, 0.4) is 0 Å². The van der Waals surface area contributed by atoms with E-state index in [1.54, 1.807) is 0 Å². The maximum absolute atomic E-state index is 2.56. The Morgan fingerprint density at radius 2 is 1.15 bits per heavy atom. The third-order valence-electron chi connectivity index (χ3n) is 15.0. The Hall–Kier alpha value is -5.66. The van der Waals surface area contributed by atoms with Crippen molar-refractivity contribution in [1.29, 1.82) is 0 Å². The minimum absolute atomic E-state index is 0.203. The maximum atomic E-state index is 2.56. The smallest absolute Gasteiger partial charge is 0.0543 e. The molecule has 3 saturated carbocycles. The summed E-state index contributed by atoms with van der Waals surface area (Å²) in [7, 11) is 0. The average Bonchev–Trinajstić information content (AvgIpc) is 4.00. The van der Waals surface area contributed by atoms with E-state index in [0.717, 1.165) is 11.8 Å². The molecule has 0 radical (unpaired) electrons.